The van der Waals surface area contributed by atoms with E-state index in [9.17, 15) is 9.59 Å². The first kappa shape index (κ1) is 13.3. The molecule has 2 aliphatic rings. The van der Waals surface area contributed by atoms with Gasteiger partial charge in [-0.1, -0.05) is 18.2 Å². The third-order valence-electron chi connectivity index (χ3n) is 4.06. The summed E-state index contributed by atoms with van der Waals surface area (Å²) in [5, 5.41) is 7.32. The van der Waals surface area contributed by atoms with Crippen LogP contribution >= 0.6 is 0 Å². The molecular weight excluding hydrogens is 280 g/mol. The molecule has 22 heavy (non-hydrogen) atoms. The summed E-state index contributed by atoms with van der Waals surface area (Å²) in [6.45, 7) is -0.00507. The predicted octanol–water partition coefficient (Wildman–Crippen LogP) is 1.19. The Morgan fingerprint density at radius 3 is 2.55 bits per heavy atom. The number of rotatable bonds is 5. The number of aromatic nitrogens is 3. The number of benzene rings is 1. The van der Waals surface area contributed by atoms with E-state index < -0.39 is 0 Å². The summed E-state index contributed by atoms with van der Waals surface area (Å²) < 4.78 is 2.93. The maximum Gasteiger partial charge on any atom is 0.351 e. The van der Waals surface area contributed by atoms with E-state index in [-0.39, 0.29) is 18.1 Å². The minimum absolute atomic E-state index is 0.00507. The van der Waals surface area contributed by atoms with Gasteiger partial charge < -0.3 is 5.32 Å². The summed E-state index contributed by atoms with van der Waals surface area (Å²) >= 11 is 0. The van der Waals surface area contributed by atoms with E-state index in [1.54, 1.807) is 4.57 Å². The molecule has 1 aromatic heterocycles. The summed E-state index contributed by atoms with van der Waals surface area (Å²) in [7, 11) is 0. The van der Waals surface area contributed by atoms with Gasteiger partial charge in [0, 0.05) is 12.0 Å². The standard InChI is InChI=1S/C16H18N4O2/c21-14(17-12-8-9-12)10-19-16(22)20(13-4-2-1-3-5-13)15(18-19)11-6-7-11/h1-5,11-12H,6-10H2,(H,17,21). The third-order valence-corrected chi connectivity index (χ3v) is 4.06. The van der Waals surface area contributed by atoms with Crippen LogP contribution in [0.15, 0.2) is 35.1 Å². The van der Waals surface area contributed by atoms with Crippen LogP contribution in [0.3, 0.4) is 0 Å². The van der Waals surface area contributed by atoms with E-state index in [1.165, 1.54) is 4.68 Å². The average molecular weight is 298 g/mol. The summed E-state index contributed by atoms with van der Waals surface area (Å²) in [5.74, 6) is 0.973. The molecule has 1 amide bonds. The quantitative estimate of drug-likeness (QED) is 0.901. The smallest absolute Gasteiger partial charge is 0.351 e. The van der Waals surface area contributed by atoms with Crippen molar-refractivity contribution in [3.8, 4) is 5.69 Å². The van der Waals surface area contributed by atoms with E-state index in [0.717, 1.165) is 37.2 Å². The molecule has 1 aromatic carbocycles. The lowest BCUT2D eigenvalue weighted by molar-refractivity contribution is -0.122. The number of nitrogens with one attached hydrogen (secondary N) is 1. The lowest BCUT2D eigenvalue weighted by Gasteiger charge is -2.03. The molecule has 0 radical (unpaired) electrons. The molecule has 0 saturated heterocycles. The summed E-state index contributed by atoms with van der Waals surface area (Å²) in [4.78, 5) is 24.6. The maximum atomic E-state index is 12.6. The molecule has 6 nitrogen and oxygen atoms in total. The molecule has 0 unspecified atom stereocenters. The van der Waals surface area contributed by atoms with Gasteiger partial charge in [0.15, 0.2) is 0 Å². The number of hydrogen-bond donors (Lipinski definition) is 1. The number of amides is 1. The van der Waals surface area contributed by atoms with E-state index in [1.807, 2.05) is 30.3 Å². The van der Waals surface area contributed by atoms with Crippen molar-refractivity contribution >= 4 is 5.91 Å². The molecule has 114 valence electrons. The molecule has 0 aliphatic heterocycles. The second-order valence-electron chi connectivity index (χ2n) is 6.09. The van der Waals surface area contributed by atoms with Gasteiger partial charge in [-0.2, -0.15) is 5.10 Å². The van der Waals surface area contributed by atoms with Gasteiger partial charge in [0.1, 0.15) is 12.4 Å². The Hall–Kier alpha value is -2.37. The van der Waals surface area contributed by atoms with E-state index in [4.69, 9.17) is 0 Å². The zero-order valence-electron chi connectivity index (χ0n) is 12.2. The van der Waals surface area contributed by atoms with Gasteiger partial charge in [0.25, 0.3) is 0 Å². The zero-order valence-corrected chi connectivity index (χ0v) is 12.2. The Kier molecular flexibility index (Phi) is 3.10. The molecule has 1 N–H and O–H groups in total. The second kappa shape index (κ2) is 5.12. The Balaban J connectivity index is 1.68. The van der Waals surface area contributed by atoms with Gasteiger partial charge in [-0.25, -0.2) is 14.0 Å². The number of nitrogens with zero attached hydrogens (tertiary/aromatic N) is 3. The first-order chi connectivity index (χ1) is 10.7. The van der Waals surface area contributed by atoms with E-state index in [0.29, 0.717) is 12.0 Å². The highest BCUT2D eigenvalue weighted by Gasteiger charge is 2.32. The summed E-state index contributed by atoms with van der Waals surface area (Å²) in [6.07, 6.45) is 4.17. The molecule has 2 saturated carbocycles. The van der Waals surface area contributed by atoms with Crippen LogP contribution < -0.4 is 11.0 Å². The normalized spacial score (nSPS) is 17.5. The minimum atomic E-state index is -0.237. The Labute approximate surface area is 127 Å². The van der Waals surface area contributed by atoms with Crippen molar-refractivity contribution in [2.24, 2.45) is 0 Å². The monoisotopic (exact) mass is 298 g/mol. The summed E-state index contributed by atoms with van der Waals surface area (Å²) in [6, 6.07) is 9.79. The Bertz CT molecular complexity index is 754. The van der Waals surface area contributed by atoms with Crippen LogP contribution in [0.2, 0.25) is 0 Å². The molecule has 0 bridgehead atoms. The molecule has 2 aromatic rings. The van der Waals surface area contributed by atoms with E-state index >= 15 is 0 Å². The largest absolute Gasteiger partial charge is 0.352 e. The number of carbonyl (C=O) groups excluding carboxylic acids is 1. The second-order valence-corrected chi connectivity index (χ2v) is 6.09. The Morgan fingerprint density at radius 1 is 1.18 bits per heavy atom. The van der Waals surface area contributed by atoms with Crippen molar-refractivity contribution in [2.75, 3.05) is 0 Å². The van der Waals surface area contributed by atoms with Crippen LogP contribution in [-0.2, 0) is 11.3 Å². The number of carbonyl (C=O) groups is 1. The van der Waals surface area contributed by atoms with Gasteiger partial charge in [0.2, 0.25) is 5.91 Å². The molecular formula is C16H18N4O2. The summed E-state index contributed by atoms with van der Waals surface area (Å²) in [5.41, 5.74) is 0.572. The van der Waals surface area contributed by atoms with Crippen LogP contribution in [-0.4, -0.2) is 26.3 Å². The van der Waals surface area contributed by atoms with Crippen LogP contribution in [0.1, 0.15) is 37.4 Å². The minimum Gasteiger partial charge on any atom is -0.352 e. The van der Waals surface area contributed by atoms with Crippen molar-refractivity contribution < 1.29 is 4.79 Å². The molecule has 1 heterocycles. The third kappa shape index (κ3) is 2.56. The zero-order chi connectivity index (χ0) is 15.1. The highest BCUT2D eigenvalue weighted by Crippen LogP contribution is 2.39. The van der Waals surface area contributed by atoms with Crippen molar-refractivity contribution in [3.63, 3.8) is 0 Å². The van der Waals surface area contributed by atoms with Gasteiger partial charge in [0.05, 0.1) is 5.69 Å². The fourth-order valence-electron chi connectivity index (χ4n) is 2.59. The first-order valence-electron chi connectivity index (χ1n) is 7.77. The molecule has 4 rings (SSSR count). The van der Waals surface area contributed by atoms with E-state index in [2.05, 4.69) is 10.4 Å². The first-order valence-corrected chi connectivity index (χ1v) is 7.77. The molecule has 2 aliphatic carbocycles. The highest BCUT2D eigenvalue weighted by atomic mass is 16.2. The van der Waals surface area contributed by atoms with Crippen LogP contribution in [0.4, 0.5) is 0 Å². The fraction of sp³-hybridized carbons (Fsp3) is 0.438. The van der Waals surface area contributed by atoms with Crippen molar-refractivity contribution in [3.05, 3.63) is 46.6 Å². The number of para-hydroxylation sites is 1. The Morgan fingerprint density at radius 2 is 1.91 bits per heavy atom. The SMILES string of the molecule is O=C(Cn1nc(C2CC2)n(-c2ccccc2)c1=O)NC1CC1. The topological polar surface area (TPSA) is 68.9 Å². The van der Waals surface area contributed by atoms with Gasteiger partial charge in [-0.15, -0.1) is 0 Å². The highest BCUT2D eigenvalue weighted by molar-refractivity contribution is 5.76. The van der Waals surface area contributed by atoms with Crippen LogP contribution in [0.5, 0.6) is 0 Å². The van der Waals surface area contributed by atoms with Crippen molar-refractivity contribution in [1.29, 1.82) is 0 Å². The van der Waals surface area contributed by atoms with Crippen molar-refractivity contribution in [1.82, 2.24) is 19.7 Å². The average Bonchev–Trinajstić information content (AvgIpc) is 3.41. The lowest BCUT2D eigenvalue weighted by atomic mass is 10.3. The molecule has 2 fully saturated rings. The number of hydrogen-bond acceptors (Lipinski definition) is 3. The molecule has 0 spiro atoms. The molecule has 0 atom stereocenters. The van der Waals surface area contributed by atoms with Gasteiger partial charge in [-0.05, 0) is 37.8 Å². The predicted molar refractivity (Wildman–Crippen MR) is 81.0 cm³/mol. The van der Waals surface area contributed by atoms with Crippen LogP contribution in [0.25, 0.3) is 5.69 Å². The maximum absolute atomic E-state index is 12.6. The van der Waals surface area contributed by atoms with Gasteiger partial charge >= 0.3 is 5.69 Å². The molecule has 6 heteroatoms. The van der Waals surface area contributed by atoms with Crippen molar-refractivity contribution in [2.45, 2.75) is 44.2 Å². The van der Waals surface area contributed by atoms with Gasteiger partial charge in [-0.3, -0.25) is 4.79 Å². The fourth-order valence-corrected chi connectivity index (χ4v) is 2.59. The lowest BCUT2D eigenvalue weighted by Crippen LogP contribution is -2.34. The van der Waals surface area contributed by atoms with Crippen LogP contribution in [0, 0.1) is 0 Å².